The molecule has 0 saturated heterocycles. The minimum absolute atomic E-state index is 0.110. The summed E-state index contributed by atoms with van der Waals surface area (Å²) >= 11 is 4.99. The van der Waals surface area contributed by atoms with Crippen molar-refractivity contribution in [2.24, 2.45) is 0 Å². The van der Waals surface area contributed by atoms with Crippen LogP contribution in [0.15, 0.2) is 15.9 Å². The van der Waals surface area contributed by atoms with E-state index < -0.39 is 12.6 Å². The number of hydrogen-bond acceptors (Lipinski definition) is 2. The van der Waals surface area contributed by atoms with E-state index in [1.165, 1.54) is 0 Å². The van der Waals surface area contributed by atoms with Gasteiger partial charge in [0.05, 0.1) is 0 Å². The third-order valence-electron chi connectivity index (χ3n) is 2.58. The molecule has 0 saturated carbocycles. The van der Waals surface area contributed by atoms with Crippen molar-refractivity contribution in [3.8, 4) is 0 Å². The molecule has 104 valence electrons. The summed E-state index contributed by atoms with van der Waals surface area (Å²) in [6.45, 7) is 2.76. The average molecular weight is 344 g/mol. The summed E-state index contributed by atoms with van der Waals surface area (Å²) in [4.78, 5) is 1.10. The number of alkyl halides is 3. The molecule has 1 heterocycles. The highest BCUT2D eigenvalue weighted by molar-refractivity contribution is 9.10. The average Bonchev–Trinajstić information content (AvgIpc) is 2.67. The molecule has 0 aliphatic rings. The SMILES string of the molecule is CCCNC(CCC(F)(F)F)Cc1sccc1Br. The number of nitrogens with one attached hydrogen (secondary N) is 1. The fourth-order valence-corrected chi connectivity index (χ4v) is 3.25. The summed E-state index contributed by atoms with van der Waals surface area (Å²) in [6, 6.07) is 1.82. The molecule has 1 unspecified atom stereocenters. The van der Waals surface area contributed by atoms with E-state index in [2.05, 4.69) is 21.2 Å². The Morgan fingerprint density at radius 3 is 2.67 bits per heavy atom. The minimum atomic E-state index is -4.07. The highest BCUT2D eigenvalue weighted by atomic mass is 79.9. The van der Waals surface area contributed by atoms with Gasteiger partial charge >= 0.3 is 6.18 Å². The van der Waals surface area contributed by atoms with Gasteiger partial charge in [-0.25, -0.2) is 0 Å². The first kappa shape index (κ1) is 16.0. The molecule has 0 bridgehead atoms. The summed E-state index contributed by atoms with van der Waals surface area (Å²) in [7, 11) is 0. The van der Waals surface area contributed by atoms with E-state index in [0.717, 1.165) is 22.3 Å². The zero-order chi connectivity index (χ0) is 13.6. The van der Waals surface area contributed by atoms with Crippen LogP contribution < -0.4 is 5.32 Å². The Balaban J connectivity index is 2.52. The van der Waals surface area contributed by atoms with E-state index >= 15 is 0 Å². The van der Waals surface area contributed by atoms with Gasteiger partial charge in [0, 0.05) is 21.8 Å². The van der Waals surface area contributed by atoms with E-state index in [-0.39, 0.29) is 12.5 Å². The molecule has 1 aromatic heterocycles. The maximum absolute atomic E-state index is 12.3. The first-order valence-electron chi connectivity index (χ1n) is 5.94. The number of halogens is 4. The molecule has 1 rings (SSSR count). The summed E-state index contributed by atoms with van der Waals surface area (Å²) in [5, 5.41) is 5.14. The van der Waals surface area contributed by atoms with Crippen molar-refractivity contribution in [3.05, 3.63) is 20.8 Å². The van der Waals surface area contributed by atoms with Crippen LogP contribution in [0.25, 0.3) is 0 Å². The summed E-state index contributed by atoms with van der Waals surface area (Å²) in [6.07, 6.45) is -3.09. The summed E-state index contributed by atoms with van der Waals surface area (Å²) in [5.41, 5.74) is 0. The zero-order valence-corrected chi connectivity index (χ0v) is 12.6. The van der Waals surface area contributed by atoms with Gasteiger partial charge in [0.15, 0.2) is 0 Å². The van der Waals surface area contributed by atoms with Gasteiger partial charge in [0.1, 0.15) is 0 Å². The predicted octanol–water partition coefficient (Wildman–Crippen LogP) is 4.76. The Hall–Kier alpha value is -0.0700. The van der Waals surface area contributed by atoms with E-state index in [1.54, 1.807) is 11.3 Å². The second-order valence-electron chi connectivity index (χ2n) is 4.20. The van der Waals surface area contributed by atoms with Gasteiger partial charge in [0.25, 0.3) is 0 Å². The lowest BCUT2D eigenvalue weighted by Gasteiger charge is -2.19. The minimum Gasteiger partial charge on any atom is -0.314 e. The molecule has 0 spiro atoms. The Kier molecular flexibility index (Phi) is 6.66. The number of thiophene rings is 1. The van der Waals surface area contributed by atoms with Crippen molar-refractivity contribution in [1.29, 1.82) is 0 Å². The fourth-order valence-electron chi connectivity index (χ4n) is 1.66. The lowest BCUT2D eigenvalue weighted by atomic mass is 10.1. The van der Waals surface area contributed by atoms with Crippen LogP contribution in [0.5, 0.6) is 0 Å². The quantitative estimate of drug-likeness (QED) is 0.752. The van der Waals surface area contributed by atoms with Gasteiger partial charge in [-0.15, -0.1) is 11.3 Å². The summed E-state index contributed by atoms with van der Waals surface area (Å²) < 4.78 is 37.8. The first-order chi connectivity index (χ1) is 8.42. The molecule has 0 fully saturated rings. The van der Waals surface area contributed by atoms with Gasteiger partial charge in [-0.1, -0.05) is 6.92 Å². The van der Waals surface area contributed by atoms with Crippen molar-refractivity contribution < 1.29 is 13.2 Å². The van der Waals surface area contributed by atoms with E-state index in [4.69, 9.17) is 0 Å². The second kappa shape index (κ2) is 7.50. The molecule has 0 aliphatic heterocycles. The largest absolute Gasteiger partial charge is 0.389 e. The van der Waals surface area contributed by atoms with E-state index in [0.29, 0.717) is 6.42 Å². The van der Waals surface area contributed by atoms with Gasteiger partial charge in [-0.05, 0) is 53.2 Å². The fraction of sp³-hybridized carbons (Fsp3) is 0.667. The highest BCUT2D eigenvalue weighted by Gasteiger charge is 2.28. The molecule has 1 aromatic rings. The Bertz CT molecular complexity index is 351. The smallest absolute Gasteiger partial charge is 0.314 e. The number of rotatable bonds is 7. The molecule has 0 radical (unpaired) electrons. The van der Waals surface area contributed by atoms with Crippen LogP contribution in [0.3, 0.4) is 0 Å². The third kappa shape index (κ3) is 6.20. The Morgan fingerprint density at radius 1 is 1.44 bits per heavy atom. The van der Waals surface area contributed by atoms with Crippen LogP contribution in [-0.2, 0) is 6.42 Å². The molecule has 1 atom stereocenters. The Morgan fingerprint density at radius 2 is 2.17 bits per heavy atom. The van der Waals surface area contributed by atoms with E-state index in [1.807, 2.05) is 18.4 Å². The van der Waals surface area contributed by atoms with Gasteiger partial charge in [-0.3, -0.25) is 0 Å². The standard InChI is InChI=1S/C12H17BrF3NS/c1-2-6-17-9(3-5-12(14,15)16)8-11-10(13)4-7-18-11/h4,7,9,17H,2-3,5-6,8H2,1H3. The maximum Gasteiger partial charge on any atom is 0.389 e. The van der Waals surface area contributed by atoms with Crippen molar-refractivity contribution >= 4 is 27.3 Å². The molecular formula is C12H17BrF3NS. The molecule has 18 heavy (non-hydrogen) atoms. The molecular weight excluding hydrogens is 327 g/mol. The second-order valence-corrected chi connectivity index (χ2v) is 6.06. The maximum atomic E-state index is 12.3. The first-order valence-corrected chi connectivity index (χ1v) is 7.61. The normalized spacial score (nSPS) is 13.8. The summed E-state index contributed by atoms with van der Waals surface area (Å²) in [5.74, 6) is 0. The van der Waals surface area contributed by atoms with Gasteiger partial charge in [-0.2, -0.15) is 13.2 Å². The molecule has 0 aliphatic carbocycles. The van der Waals surface area contributed by atoms with Crippen LogP contribution >= 0.6 is 27.3 Å². The van der Waals surface area contributed by atoms with Crippen LogP contribution in [0.1, 0.15) is 31.1 Å². The van der Waals surface area contributed by atoms with Gasteiger partial charge in [0.2, 0.25) is 0 Å². The molecule has 1 nitrogen and oxygen atoms in total. The highest BCUT2D eigenvalue weighted by Crippen LogP contribution is 2.27. The molecule has 0 amide bonds. The topological polar surface area (TPSA) is 12.0 Å². The van der Waals surface area contributed by atoms with Crippen molar-refractivity contribution in [2.45, 2.75) is 44.8 Å². The van der Waals surface area contributed by atoms with Crippen LogP contribution in [-0.4, -0.2) is 18.8 Å². The van der Waals surface area contributed by atoms with Crippen LogP contribution in [0.4, 0.5) is 13.2 Å². The monoisotopic (exact) mass is 343 g/mol. The van der Waals surface area contributed by atoms with Gasteiger partial charge < -0.3 is 5.32 Å². The molecule has 6 heteroatoms. The van der Waals surface area contributed by atoms with Crippen LogP contribution in [0.2, 0.25) is 0 Å². The zero-order valence-electron chi connectivity index (χ0n) is 10.2. The van der Waals surface area contributed by atoms with Crippen LogP contribution in [0, 0.1) is 0 Å². The van der Waals surface area contributed by atoms with Crippen molar-refractivity contribution in [1.82, 2.24) is 5.32 Å². The van der Waals surface area contributed by atoms with E-state index in [9.17, 15) is 13.2 Å². The predicted molar refractivity (Wildman–Crippen MR) is 73.1 cm³/mol. The number of hydrogen-bond donors (Lipinski definition) is 1. The molecule has 0 aromatic carbocycles. The lowest BCUT2D eigenvalue weighted by molar-refractivity contribution is -0.136. The Labute approximate surface area is 118 Å². The molecule has 1 N–H and O–H groups in total. The lowest BCUT2D eigenvalue weighted by Crippen LogP contribution is -2.33. The van der Waals surface area contributed by atoms with Crippen molar-refractivity contribution in [3.63, 3.8) is 0 Å². The third-order valence-corrected chi connectivity index (χ3v) is 4.53. The van der Waals surface area contributed by atoms with Crippen molar-refractivity contribution in [2.75, 3.05) is 6.54 Å².